The average Bonchev–Trinajstić information content (AvgIpc) is 3.29. The monoisotopic (exact) mass is 415 g/mol. The van der Waals surface area contributed by atoms with Gasteiger partial charge >= 0.3 is 0 Å². The van der Waals surface area contributed by atoms with Gasteiger partial charge < -0.3 is 9.47 Å². The molecule has 0 amide bonds. The Morgan fingerprint density at radius 2 is 1.65 bits per heavy atom. The summed E-state index contributed by atoms with van der Waals surface area (Å²) < 4.78 is 12.3. The summed E-state index contributed by atoms with van der Waals surface area (Å²) in [4.78, 5) is 4.52. The van der Waals surface area contributed by atoms with Crippen LogP contribution in [0.4, 0.5) is 0 Å². The fraction of sp³-hybridized carbons (Fsp3) is 0.250. The molecule has 4 rings (SSSR count). The minimum absolute atomic E-state index is 0.0275. The minimum atomic E-state index is 0.0275. The zero-order valence-corrected chi connectivity index (χ0v) is 18.1. The number of aromatic amines is 1. The fourth-order valence-electron chi connectivity index (χ4n) is 3.52. The molecule has 31 heavy (non-hydrogen) atoms. The van der Waals surface area contributed by atoms with Gasteiger partial charge in [-0.15, -0.1) is 10.2 Å². The zero-order chi connectivity index (χ0) is 21.8. The number of rotatable bonds is 7. The lowest BCUT2D eigenvalue weighted by atomic mass is 9.95. The number of ether oxygens (including phenoxy) is 2. The van der Waals surface area contributed by atoms with Crippen molar-refractivity contribution in [2.75, 3.05) is 0 Å². The number of aryl methyl sites for hydroxylation is 2. The number of nitrogens with one attached hydrogen (secondary N) is 1. The number of tetrazole rings is 1. The second-order valence-corrected chi connectivity index (χ2v) is 7.57. The van der Waals surface area contributed by atoms with Crippen LogP contribution in [0.15, 0.2) is 54.6 Å². The molecule has 0 bridgehead atoms. The van der Waals surface area contributed by atoms with Crippen molar-refractivity contribution < 1.29 is 9.47 Å². The van der Waals surface area contributed by atoms with Gasteiger partial charge in [-0.2, -0.15) is 5.21 Å². The van der Waals surface area contributed by atoms with Crippen LogP contribution >= 0.6 is 0 Å². The van der Waals surface area contributed by atoms with Gasteiger partial charge in [-0.05, 0) is 49.6 Å². The van der Waals surface area contributed by atoms with Crippen molar-refractivity contribution >= 4 is 0 Å². The number of hydrogen-bond donors (Lipinski definition) is 1. The standard InChI is InChI=1S/C24H25N5O2/c1-15(2)31-23-17(4)25-16(3)13-22(23)30-14-18-9-5-6-10-19(18)20-11-7-8-12-21(20)24-26-28-29-27-24/h5-13,15H,14H2,1-4H3,(H,26,27,28,29). The van der Waals surface area contributed by atoms with Crippen molar-refractivity contribution in [3.63, 3.8) is 0 Å². The summed E-state index contributed by atoms with van der Waals surface area (Å²) in [6.45, 7) is 8.26. The Labute approximate surface area is 181 Å². The van der Waals surface area contributed by atoms with E-state index in [1.54, 1.807) is 0 Å². The van der Waals surface area contributed by atoms with E-state index in [-0.39, 0.29) is 6.10 Å². The highest BCUT2D eigenvalue weighted by atomic mass is 16.5. The number of aromatic nitrogens is 5. The van der Waals surface area contributed by atoms with E-state index in [0.717, 1.165) is 33.6 Å². The second kappa shape index (κ2) is 8.95. The Kier molecular flexibility index (Phi) is 5.93. The van der Waals surface area contributed by atoms with Crippen LogP contribution in [-0.4, -0.2) is 31.7 Å². The van der Waals surface area contributed by atoms with Crippen molar-refractivity contribution in [3.8, 4) is 34.0 Å². The smallest absolute Gasteiger partial charge is 0.205 e. The first-order chi connectivity index (χ1) is 15.0. The van der Waals surface area contributed by atoms with E-state index in [1.165, 1.54) is 0 Å². The van der Waals surface area contributed by atoms with Gasteiger partial charge in [0.25, 0.3) is 0 Å². The first kappa shape index (κ1) is 20.5. The quantitative estimate of drug-likeness (QED) is 0.461. The van der Waals surface area contributed by atoms with Gasteiger partial charge in [-0.3, -0.25) is 4.98 Å². The van der Waals surface area contributed by atoms with Gasteiger partial charge in [0.05, 0.1) is 11.8 Å². The molecule has 2 heterocycles. The molecule has 0 saturated carbocycles. The molecule has 4 aromatic rings. The zero-order valence-electron chi connectivity index (χ0n) is 18.1. The number of benzene rings is 2. The van der Waals surface area contributed by atoms with Crippen LogP contribution in [0.25, 0.3) is 22.5 Å². The second-order valence-electron chi connectivity index (χ2n) is 7.57. The molecule has 0 radical (unpaired) electrons. The van der Waals surface area contributed by atoms with E-state index in [2.05, 4.69) is 43.8 Å². The Morgan fingerprint density at radius 3 is 2.35 bits per heavy atom. The molecule has 1 N–H and O–H groups in total. The third kappa shape index (κ3) is 4.55. The Morgan fingerprint density at radius 1 is 0.935 bits per heavy atom. The van der Waals surface area contributed by atoms with Crippen LogP contribution < -0.4 is 9.47 Å². The van der Waals surface area contributed by atoms with Gasteiger partial charge in [0.2, 0.25) is 5.82 Å². The molecule has 158 valence electrons. The Bertz CT molecular complexity index is 1170. The average molecular weight is 415 g/mol. The van der Waals surface area contributed by atoms with Crippen molar-refractivity contribution in [1.82, 2.24) is 25.6 Å². The summed E-state index contributed by atoms with van der Waals surface area (Å²) in [5.74, 6) is 1.93. The molecular weight excluding hydrogens is 390 g/mol. The van der Waals surface area contributed by atoms with E-state index in [0.29, 0.717) is 23.9 Å². The Balaban J connectivity index is 1.69. The number of pyridine rings is 1. The van der Waals surface area contributed by atoms with Gasteiger partial charge in [0, 0.05) is 17.3 Å². The van der Waals surface area contributed by atoms with Crippen LogP contribution in [0.1, 0.15) is 30.8 Å². The summed E-state index contributed by atoms with van der Waals surface area (Å²) in [6.07, 6.45) is 0.0275. The van der Waals surface area contributed by atoms with E-state index in [9.17, 15) is 0 Å². The predicted molar refractivity (Wildman–Crippen MR) is 119 cm³/mol. The highest BCUT2D eigenvalue weighted by Gasteiger charge is 2.16. The summed E-state index contributed by atoms with van der Waals surface area (Å²) in [6, 6.07) is 18.1. The Hall–Kier alpha value is -3.74. The highest BCUT2D eigenvalue weighted by Crippen LogP contribution is 2.35. The predicted octanol–water partition coefficient (Wildman–Crippen LogP) is 4.91. The first-order valence-corrected chi connectivity index (χ1v) is 10.2. The minimum Gasteiger partial charge on any atom is -0.485 e. The van der Waals surface area contributed by atoms with Crippen molar-refractivity contribution in [1.29, 1.82) is 0 Å². The van der Waals surface area contributed by atoms with Gasteiger partial charge in [0.1, 0.15) is 6.61 Å². The fourth-order valence-corrected chi connectivity index (χ4v) is 3.52. The van der Waals surface area contributed by atoms with Gasteiger partial charge in [-0.1, -0.05) is 48.5 Å². The van der Waals surface area contributed by atoms with Crippen molar-refractivity contribution in [2.24, 2.45) is 0 Å². The molecule has 0 fully saturated rings. The summed E-state index contributed by atoms with van der Waals surface area (Å²) >= 11 is 0. The van der Waals surface area contributed by atoms with Crippen LogP contribution in [0.5, 0.6) is 11.5 Å². The third-order valence-corrected chi connectivity index (χ3v) is 4.79. The molecule has 0 atom stereocenters. The summed E-state index contributed by atoms with van der Waals surface area (Å²) in [5.41, 5.74) is 5.73. The van der Waals surface area contributed by atoms with Crippen LogP contribution in [0, 0.1) is 13.8 Å². The van der Waals surface area contributed by atoms with E-state index in [1.807, 2.05) is 64.1 Å². The lowest BCUT2D eigenvalue weighted by Gasteiger charge is -2.18. The van der Waals surface area contributed by atoms with Crippen molar-refractivity contribution in [2.45, 2.75) is 40.4 Å². The summed E-state index contributed by atoms with van der Waals surface area (Å²) in [7, 11) is 0. The molecule has 2 aromatic heterocycles. The number of H-pyrrole nitrogens is 1. The normalized spacial score (nSPS) is 11.0. The highest BCUT2D eigenvalue weighted by molar-refractivity contribution is 5.82. The van der Waals surface area contributed by atoms with Crippen LogP contribution in [0.3, 0.4) is 0 Å². The SMILES string of the molecule is Cc1cc(OCc2ccccc2-c2ccccc2-c2nn[nH]n2)c(OC(C)C)c(C)n1. The molecule has 0 unspecified atom stereocenters. The van der Waals surface area contributed by atoms with E-state index < -0.39 is 0 Å². The molecular formula is C24H25N5O2. The topological polar surface area (TPSA) is 85.8 Å². The maximum atomic E-state index is 6.26. The van der Waals surface area contributed by atoms with E-state index in [4.69, 9.17) is 9.47 Å². The van der Waals surface area contributed by atoms with Gasteiger partial charge in [-0.25, -0.2) is 0 Å². The molecule has 2 aromatic carbocycles. The molecule has 7 heteroatoms. The molecule has 0 saturated heterocycles. The van der Waals surface area contributed by atoms with Crippen LogP contribution in [0.2, 0.25) is 0 Å². The molecule has 0 spiro atoms. The van der Waals surface area contributed by atoms with Gasteiger partial charge in [0.15, 0.2) is 11.5 Å². The number of hydrogen-bond acceptors (Lipinski definition) is 6. The molecule has 7 nitrogen and oxygen atoms in total. The first-order valence-electron chi connectivity index (χ1n) is 10.2. The molecule has 0 aliphatic rings. The van der Waals surface area contributed by atoms with Crippen molar-refractivity contribution in [3.05, 3.63) is 71.5 Å². The maximum absolute atomic E-state index is 6.26. The maximum Gasteiger partial charge on any atom is 0.205 e. The lowest BCUT2D eigenvalue weighted by molar-refractivity contribution is 0.215. The third-order valence-electron chi connectivity index (χ3n) is 4.79. The largest absolute Gasteiger partial charge is 0.485 e. The molecule has 0 aliphatic carbocycles. The summed E-state index contributed by atoms with van der Waals surface area (Å²) in [5, 5.41) is 14.5. The van der Waals surface area contributed by atoms with Crippen LogP contribution in [-0.2, 0) is 6.61 Å². The van der Waals surface area contributed by atoms with E-state index >= 15 is 0 Å². The number of nitrogens with zero attached hydrogens (tertiary/aromatic N) is 4. The molecule has 0 aliphatic heterocycles. The lowest BCUT2D eigenvalue weighted by Crippen LogP contribution is -2.10.